The minimum absolute atomic E-state index is 0.725. The zero-order valence-electron chi connectivity index (χ0n) is 10.5. The zero-order valence-corrected chi connectivity index (χ0v) is 10.5. The Kier molecular flexibility index (Phi) is 5.79. The smallest absolute Gasteiger partial charge is 0.0342 e. The van der Waals surface area contributed by atoms with E-state index >= 15 is 0 Å². The third-order valence-corrected chi connectivity index (χ3v) is 2.44. The van der Waals surface area contributed by atoms with Crippen molar-refractivity contribution < 1.29 is 0 Å². The van der Waals surface area contributed by atoms with Gasteiger partial charge in [-0.25, -0.2) is 0 Å². The van der Waals surface area contributed by atoms with Crippen LogP contribution in [0.3, 0.4) is 0 Å². The number of nitrogens with one attached hydrogen (secondary N) is 1. The van der Waals surface area contributed by atoms with Gasteiger partial charge in [-0.15, -0.1) is 0 Å². The molecule has 88 valence electrons. The Bertz CT molecular complexity index is 315. The number of allylic oxidation sites excluding steroid dienone is 1. The maximum absolute atomic E-state index is 4.12. The molecule has 0 unspecified atom stereocenters. The summed E-state index contributed by atoms with van der Waals surface area (Å²) >= 11 is 0. The van der Waals surface area contributed by atoms with Crippen molar-refractivity contribution in [2.45, 2.75) is 27.2 Å². The number of rotatable bonds is 6. The molecule has 0 aliphatic heterocycles. The van der Waals surface area contributed by atoms with Gasteiger partial charge >= 0.3 is 0 Å². The first-order valence-corrected chi connectivity index (χ1v) is 5.98. The van der Waals surface area contributed by atoms with Crippen molar-refractivity contribution in [2.75, 3.05) is 13.1 Å². The molecule has 1 heterocycles. The molecule has 0 saturated carbocycles. The Morgan fingerprint density at radius 1 is 1.50 bits per heavy atom. The topological polar surface area (TPSA) is 24.9 Å². The fourth-order valence-corrected chi connectivity index (χ4v) is 1.50. The van der Waals surface area contributed by atoms with E-state index in [1.54, 1.807) is 6.20 Å². The van der Waals surface area contributed by atoms with E-state index in [-0.39, 0.29) is 0 Å². The minimum atomic E-state index is 0.725. The van der Waals surface area contributed by atoms with Crippen molar-refractivity contribution in [3.63, 3.8) is 0 Å². The van der Waals surface area contributed by atoms with Crippen LogP contribution in [0.5, 0.6) is 0 Å². The summed E-state index contributed by atoms with van der Waals surface area (Å²) in [6, 6.07) is 4.07. The van der Waals surface area contributed by atoms with Crippen LogP contribution in [0, 0.1) is 5.92 Å². The predicted octanol–water partition coefficient (Wildman–Crippen LogP) is 3.12. The molecular formula is C14H22N2. The molecule has 1 rings (SSSR count). The molecule has 0 fully saturated rings. The third-order valence-electron chi connectivity index (χ3n) is 2.44. The highest BCUT2D eigenvalue weighted by molar-refractivity contribution is 5.62. The predicted molar refractivity (Wildman–Crippen MR) is 70.2 cm³/mol. The summed E-state index contributed by atoms with van der Waals surface area (Å²) in [6.45, 7) is 8.74. The molecule has 0 amide bonds. The van der Waals surface area contributed by atoms with Gasteiger partial charge in [-0.05, 0) is 49.6 Å². The number of aromatic nitrogens is 1. The van der Waals surface area contributed by atoms with Crippen molar-refractivity contribution in [1.29, 1.82) is 0 Å². The molecule has 0 aliphatic carbocycles. The van der Waals surface area contributed by atoms with E-state index in [9.17, 15) is 0 Å². The summed E-state index contributed by atoms with van der Waals surface area (Å²) < 4.78 is 0. The Labute approximate surface area is 98.8 Å². The zero-order chi connectivity index (χ0) is 11.8. The Balaban J connectivity index is 2.29. The van der Waals surface area contributed by atoms with E-state index in [0.29, 0.717) is 0 Å². The minimum Gasteiger partial charge on any atom is -0.316 e. The standard InChI is InChI=1S/C14H22N2/c1-12(2)10-15-8-4-6-13(3)14-7-5-9-16-11-14/h5-7,9,11-12,15H,4,8,10H2,1-3H3. The molecular weight excluding hydrogens is 196 g/mol. The molecule has 2 nitrogen and oxygen atoms in total. The molecule has 0 aromatic carbocycles. The average Bonchev–Trinajstić information content (AvgIpc) is 2.29. The van der Waals surface area contributed by atoms with E-state index in [1.165, 1.54) is 11.1 Å². The number of nitrogens with zero attached hydrogens (tertiary/aromatic N) is 1. The van der Waals surface area contributed by atoms with Crippen LogP contribution < -0.4 is 5.32 Å². The van der Waals surface area contributed by atoms with Gasteiger partial charge < -0.3 is 5.32 Å². The van der Waals surface area contributed by atoms with E-state index in [1.807, 2.05) is 12.3 Å². The van der Waals surface area contributed by atoms with Crippen LogP contribution in [-0.4, -0.2) is 18.1 Å². The first kappa shape index (κ1) is 12.9. The maximum Gasteiger partial charge on any atom is 0.0342 e. The van der Waals surface area contributed by atoms with E-state index in [0.717, 1.165) is 25.4 Å². The molecule has 1 N–H and O–H groups in total. The molecule has 16 heavy (non-hydrogen) atoms. The molecule has 0 atom stereocenters. The Morgan fingerprint density at radius 3 is 2.94 bits per heavy atom. The lowest BCUT2D eigenvalue weighted by atomic mass is 10.1. The molecule has 0 spiro atoms. The lowest BCUT2D eigenvalue weighted by Crippen LogP contribution is -2.20. The van der Waals surface area contributed by atoms with Gasteiger partial charge in [0.05, 0.1) is 0 Å². The van der Waals surface area contributed by atoms with Crippen LogP contribution in [0.2, 0.25) is 0 Å². The van der Waals surface area contributed by atoms with Gasteiger partial charge in [0.15, 0.2) is 0 Å². The quantitative estimate of drug-likeness (QED) is 0.742. The summed E-state index contributed by atoms with van der Waals surface area (Å²) in [5.74, 6) is 0.725. The van der Waals surface area contributed by atoms with Crippen LogP contribution in [0.1, 0.15) is 32.8 Å². The van der Waals surface area contributed by atoms with Crippen LogP contribution in [0.15, 0.2) is 30.6 Å². The van der Waals surface area contributed by atoms with Crippen LogP contribution in [-0.2, 0) is 0 Å². The monoisotopic (exact) mass is 218 g/mol. The third kappa shape index (κ3) is 5.08. The first-order valence-electron chi connectivity index (χ1n) is 5.98. The highest BCUT2D eigenvalue weighted by Gasteiger charge is 1.94. The second kappa shape index (κ2) is 7.18. The van der Waals surface area contributed by atoms with Gasteiger partial charge in [0.2, 0.25) is 0 Å². The Morgan fingerprint density at radius 2 is 2.31 bits per heavy atom. The van der Waals surface area contributed by atoms with E-state index in [2.05, 4.69) is 43.2 Å². The second-order valence-electron chi connectivity index (χ2n) is 4.52. The molecule has 0 saturated heterocycles. The van der Waals surface area contributed by atoms with Crippen molar-refractivity contribution >= 4 is 5.57 Å². The maximum atomic E-state index is 4.12. The highest BCUT2D eigenvalue weighted by Crippen LogP contribution is 2.11. The Hall–Kier alpha value is -1.15. The normalized spacial score (nSPS) is 12.1. The van der Waals surface area contributed by atoms with Crippen LogP contribution in [0.25, 0.3) is 5.57 Å². The molecule has 0 bridgehead atoms. The van der Waals surface area contributed by atoms with Gasteiger partial charge in [-0.2, -0.15) is 0 Å². The second-order valence-corrected chi connectivity index (χ2v) is 4.52. The van der Waals surface area contributed by atoms with Gasteiger partial charge in [-0.3, -0.25) is 4.98 Å². The summed E-state index contributed by atoms with van der Waals surface area (Å²) in [7, 11) is 0. The van der Waals surface area contributed by atoms with Crippen LogP contribution in [0.4, 0.5) is 0 Å². The lowest BCUT2D eigenvalue weighted by Gasteiger charge is -2.06. The van der Waals surface area contributed by atoms with Gasteiger partial charge in [0.25, 0.3) is 0 Å². The number of pyridine rings is 1. The van der Waals surface area contributed by atoms with E-state index in [4.69, 9.17) is 0 Å². The summed E-state index contributed by atoms with van der Waals surface area (Å²) in [5, 5.41) is 3.43. The summed E-state index contributed by atoms with van der Waals surface area (Å²) in [4.78, 5) is 4.12. The SMILES string of the molecule is CC(=CCCNCC(C)C)c1cccnc1. The summed E-state index contributed by atoms with van der Waals surface area (Å²) in [5.41, 5.74) is 2.52. The fourth-order valence-electron chi connectivity index (χ4n) is 1.50. The van der Waals surface area contributed by atoms with Gasteiger partial charge in [-0.1, -0.05) is 26.0 Å². The molecule has 2 heteroatoms. The highest BCUT2D eigenvalue weighted by atomic mass is 14.8. The van der Waals surface area contributed by atoms with Crippen molar-refractivity contribution in [1.82, 2.24) is 10.3 Å². The lowest BCUT2D eigenvalue weighted by molar-refractivity contribution is 0.557. The first-order chi connectivity index (χ1) is 7.70. The van der Waals surface area contributed by atoms with Crippen molar-refractivity contribution in [3.8, 4) is 0 Å². The average molecular weight is 218 g/mol. The molecule has 0 aliphatic rings. The van der Waals surface area contributed by atoms with Gasteiger partial charge in [0, 0.05) is 12.4 Å². The molecule has 0 radical (unpaired) electrons. The van der Waals surface area contributed by atoms with E-state index < -0.39 is 0 Å². The van der Waals surface area contributed by atoms with Gasteiger partial charge in [0.1, 0.15) is 0 Å². The molecule has 1 aromatic rings. The fraction of sp³-hybridized carbons (Fsp3) is 0.500. The van der Waals surface area contributed by atoms with Crippen LogP contribution >= 0.6 is 0 Å². The van der Waals surface area contributed by atoms with Crippen molar-refractivity contribution in [2.24, 2.45) is 5.92 Å². The summed E-state index contributed by atoms with van der Waals surface area (Å²) in [6.07, 6.45) is 7.06. The number of hydrogen-bond acceptors (Lipinski definition) is 2. The largest absolute Gasteiger partial charge is 0.316 e. The van der Waals surface area contributed by atoms with Crippen molar-refractivity contribution in [3.05, 3.63) is 36.2 Å². The number of hydrogen-bond donors (Lipinski definition) is 1. The molecule has 1 aromatic heterocycles.